The van der Waals surface area contributed by atoms with Gasteiger partial charge in [-0.15, -0.1) is 0 Å². The van der Waals surface area contributed by atoms with Gasteiger partial charge in [0.05, 0.1) is 18.5 Å². The summed E-state index contributed by atoms with van der Waals surface area (Å²) < 4.78 is 0. The predicted molar refractivity (Wildman–Crippen MR) is 138 cm³/mol. The first-order valence-electron chi connectivity index (χ1n) is 14.1. The van der Waals surface area contributed by atoms with E-state index in [1.807, 2.05) is 0 Å². The molecule has 4 saturated carbocycles. The second kappa shape index (κ2) is 7.60. The maximum atomic E-state index is 10.9. The van der Waals surface area contributed by atoms with Crippen LogP contribution in [0.1, 0.15) is 99.3 Å². The van der Waals surface area contributed by atoms with Gasteiger partial charge in [-0.3, -0.25) is 0 Å². The number of rotatable bonds is 2. The maximum absolute atomic E-state index is 10.9. The Bertz CT molecular complexity index is 889. The van der Waals surface area contributed by atoms with E-state index in [0.717, 1.165) is 32.1 Å². The van der Waals surface area contributed by atoms with Crippen LogP contribution in [0.25, 0.3) is 0 Å². The van der Waals surface area contributed by atoms with Crippen molar-refractivity contribution >= 4 is 0 Å². The predicted octanol–water partition coefficient (Wildman–Crippen LogP) is 7.05. The normalized spacial score (nSPS) is 54.1. The van der Waals surface area contributed by atoms with E-state index in [1.165, 1.54) is 25.7 Å². The molecule has 1 unspecified atom stereocenters. The monoisotopic (exact) mass is 470 g/mol. The Hall–Kier alpha value is -0.800. The van der Waals surface area contributed by atoms with Gasteiger partial charge in [0.1, 0.15) is 0 Å². The number of fused-ring (bicyclic) bond motifs is 7. The van der Waals surface area contributed by atoms with Crippen LogP contribution in [-0.4, -0.2) is 28.0 Å². The summed E-state index contributed by atoms with van der Waals surface area (Å²) in [6, 6.07) is 0. The zero-order valence-electron chi connectivity index (χ0n) is 22.7. The minimum absolute atomic E-state index is 0.0848. The molecule has 0 aromatic rings. The Labute approximate surface area is 208 Å². The molecular weight excluding hydrogens is 420 g/mol. The van der Waals surface area contributed by atoms with Crippen molar-refractivity contribution in [1.82, 2.24) is 0 Å². The summed E-state index contributed by atoms with van der Waals surface area (Å²) in [7, 11) is 0. The zero-order valence-corrected chi connectivity index (χ0v) is 22.7. The summed E-state index contributed by atoms with van der Waals surface area (Å²) >= 11 is 0. The number of hydrogen-bond donors (Lipinski definition) is 3. The molecule has 0 aromatic carbocycles. The fourth-order valence-electron chi connectivity index (χ4n) is 11.0. The van der Waals surface area contributed by atoms with E-state index < -0.39 is 6.10 Å². The van der Waals surface area contributed by atoms with Gasteiger partial charge >= 0.3 is 0 Å². The standard InChI is InChI=1S/C31H50O3/c1-19(33)21-16-27(2,3)17-22-20(21)10-14-30(6)23(22)8-9-25-28(4)13-12-26(34)29(5,18-32)24(28)11-15-31(25,30)7/h8,20-22,24-26,32-34H,1,9-18H2,2-7H3/t20?,21-,22+,24+,25+,26-,28-,29-,30+,31+/m0/s1. The third-order valence-electron chi connectivity index (χ3n) is 13.0. The minimum Gasteiger partial charge on any atom is -0.513 e. The van der Waals surface area contributed by atoms with Gasteiger partial charge in [-0.05, 0) is 103 Å². The van der Waals surface area contributed by atoms with Gasteiger partial charge in [0.15, 0.2) is 0 Å². The summed E-state index contributed by atoms with van der Waals surface area (Å²) in [6.45, 7) is 18.7. The molecule has 10 atom stereocenters. The minimum atomic E-state index is -0.395. The summed E-state index contributed by atoms with van der Waals surface area (Å²) in [5.41, 5.74) is 2.10. The van der Waals surface area contributed by atoms with Crippen LogP contribution in [-0.2, 0) is 0 Å². The average Bonchev–Trinajstić information content (AvgIpc) is 2.75. The van der Waals surface area contributed by atoms with Crippen LogP contribution in [0.2, 0.25) is 0 Å². The van der Waals surface area contributed by atoms with Crippen LogP contribution >= 0.6 is 0 Å². The topological polar surface area (TPSA) is 60.7 Å². The Kier molecular flexibility index (Phi) is 5.56. The molecule has 3 heteroatoms. The third kappa shape index (κ3) is 3.07. The lowest BCUT2D eigenvalue weighted by Crippen LogP contribution is -2.65. The molecule has 3 nitrogen and oxygen atoms in total. The van der Waals surface area contributed by atoms with Crippen molar-refractivity contribution in [3.05, 3.63) is 24.0 Å². The summed E-state index contributed by atoms with van der Waals surface area (Å²) in [5, 5.41) is 31.9. The van der Waals surface area contributed by atoms with Crippen LogP contribution in [0.3, 0.4) is 0 Å². The van der Waals surface area contributed by atoms with E-state index in [1.54, 1.807) is 5.57 Å². The third-order valence-corrected chi connectivity index (χ3v) is 13.0. The Morgan fingerprint density at radius 2 is 1.68 bits per heavy atom. The van der Waals surface area contributed by atoms with Gasteiger partial charge in [0.25, 0.3) is 0 Å². The van der Waals surface area contributed by atoms with E-state index in [4.69, 9.17) is 0 Å². The largest absolute Gasteiger partial charge is 0.513 e. The lowest BCUT2D eigenvalue weighted by Gasteiger charge is -2.70. The van der Waals surface area contributed by atoms with Crippen molar-refractivity contribution in [2.75, 3.05) is 6.61 Å². The molecule has 0 radical (unpaired) electrons. The lowest BCUT2D eigenvalue weighted by molar-refractivity contribution is -0.213. The summed E-state index contributed by atoms with van der Waals surface area (Å²) in [5.74, 6) is 2.67. The van der Waals surface area contributed by atoms with E-state index in [-0.39, 0.29) is 39.6 Å². The van der Waals surface area contributed by atoms with E-state index in [2.05, 4.69) is 54.2 Å². The van der Waals surface area contributed by atoms with E-state index >= 15 is 0 Å². The van der Waals surface area contributed by atoms with Crippen molar-refractivity contribution in [3.8, 4) is 0 Å². The molecule has 5 aliphatic carbocycles. The summed E-state index contributed by atoms with van der Waals surface area (Å²) in [6.07, 6.45) is 12.2. The van der Waals surface area contributed by atoms with Gasteiger partial charge in [-0.2, -0.15) is 0 Å². The van der Waals surface area contributed by atoms with Gasteiger partial charge in [0, 0.05) is 11.3 Å². The molecule has 5 aliphatic rings. The SMILES string of the molecule is C=C(O)[C@@H]1CC(C)(C)C[C@H]2C3=CC[C@@H]4[C@@]5(C)CC[C@H](O)[C@@](C)(CO)[C@@H]5CC[C@@]4(C)[C@]3(C)CCC12. The molecule has 34 heavy (non-hydrogen) atoms. The zero-order chi connectivity index (χ0) is 24.9. The maximum Gasteiger partial charge on any atom is 0.0885 e. The first kappa shape index (κ1) is 24.9. The Morgan fingerprint density at radius 3 is 2.32 bits per heavy atom. The van der Waals surface area contributed by atoms with Crippen molar-refractivity contribution < 1.29 is 15.3 Å². The molecule has 192 valence electrons. The van der Waals surface area contributed by atoms with Gasteiger partial charge in [-0.25, -0.2) is 0 Å². The molecule has 0 amide bonds. The summed E-state index contributed by atoms with van der Waals surface area (Å²) in [4.78, 5) is 0. The second-order valence-corrected chi connectivity index (χ2v) is 15.0. The molecule has 3 N–H and O–H groups in total. The molecular formula is C31H50O3. The first-order chi connectivity index (χ1) is 15.7. The number of aliphatic hydroxyl groups excluding tert-OH is 3. The highest BCUT2D eigenvalue weighted by molar-refractivity contribution is 5.33. The van der Waals surface area contributed by atoms with Crippen molar-refractivity contribution in [2.24, 2.45) is 56.7 Å². The Morgan fingerprint density at radius 1 is 0.971 bits per heavy atom. The lowest BCUT2D eigenvalue weighted by atomic mass is 9.34. The molecule has 4 fully saturated rings. The second-order valence-electron chi connectivity index (χ2n) is 15.0. The highest BCUT2D eigenvalue weighted by Crippen LogP contribution is 2.74. The highest BCUT2D eigenvalue weighted by atomic mass is 16.3. The quantitative estimate of drug-likeness (QED) is 0.299. The molecule has 0 aliphatic heterocycles. The smallest absolute Gasteiger partial charge is 0.0885 e. The molecule has 0 aromatic heterocycles. The molecule has 0 saturated heterocycles. The number of aliphatic hydroxyl groups is 3. The van der Waals surface area contributed by atoms with E-state index in [0.29, 0.717) is 29.4 Å². The molecule has 0 spiro atoms. The molecule has 0 bridgehead atoms. The molecule has 5 rings (SSSR count). The van der Waals surface area contributed by atoms with Crippen LogP contribution < -0.4 is 0 Å². The average molecular weight is 471 g/mol. The van der Waals surface area contributed by atoms with Crippen molar-refractivity contribution in [2.45, 2.75) is 105 Å². The highest BCUT2D eigenvalue weighted by Gasteiger charge is 2.67. The Balaban J connectivity index is 1.56. The number of hydrogen-bond acceptors (Lipinski definition) is 3. The van der Waals surface area contributed by atoms with Gasteiger partial charge in [-0.1, -0.05) is 59.8 Å². The number of allylic oxidation sites excluding steroid dienone is 3. The molecule has 0 heterocycles. The van der Waals surface area contributed by atoms with Gasteiger partial charge < -0.3 is 15.3 Å². The van der Waals surface area contributed by atoms with Crippen molar-refractivity contribution in [3.63, 3.8) is 0 Å². The van der Waals surface area contributed by atoms with Crippen LogP contribution in [0.15, 0.2) is 24.0 Å². The fraction of sp³-hybridized carbons (Fsp3) is 0.871. The first-order valence-corrected chi connectivity index (χ1v) is 14.1. The fourth-order valence-corrected chi connectivity index (χ4v) is 11.0. The van der Waals surface area contributed by atoms with Crippen LogP contribution in [0, 0.1) is 56.7 Å². The van der Waals surface area contributed by atoms with Crippen molar-refractivity contribution in [1.29, 1.82) is 0 Å². The van der Waals surface area contributed by atoms with Gasteiger partial charge in [0.2, 0.25) is 0 Å². The van der Waals surface area contributed by atoms with Crippen LogP contribution in [0.5, 0.6) is 0 Å². The van der Waals surface area contributed by atoms with Crippen LogP contribution in [0.4, 0.5) is 0 Å². The van der Waals surface area contributed by atoms with E-state index in [9.17, 15) is 15.3 Å².